The lowest BCUT2D eigenvalue weighted by atomic mass is 10.0. The molecular formula is C29H39N9O8. The highest BCUT2D eigenvalue weighted by molar-refractivity contribution is 5.95. The fourth-order valence-electron chi connectivity index (χ4n) is 4.25. The number of benzene rings is 2. The minimum Gasteiger partial charge on any atom is -0.508 e. The van der Waals surface area contributed by atoms with Gasteiger partial charge in [-0.2, -0.15) is 0 Å². The SMILES string of the molecule is NC(N)=NCCC[C@@H](NC(=O)[C@H](Cc1ccc(O)cc1)N=C(N)N)C(=O)N[C@@H](Cc1ccccc1)C(=O)N[C@@H](CC(=O)O)C(=O)O. The molecule has 0 saturated heterocycles. The molecule has 0 bridgehead atoms. The van der Waals surface area contributed by atoms with Gasteiger partial charge in [-0.1, -0.05) is 42.5 Å². The van der Waals surface area contributed by atoms with Crippen molar-refractivity contribution in [1.29, 1.82) is 0 Å². The molecule has 17 nitrogen and oxygen atoms in total. The second-order valence-corrected chi connectivity index (χ2v) is 10.2. The largest absolute Gasteiger partial charge is 0.508 e. The van der Waals surface area contributed by atoms with Gasteiger partial charge in [0.15, 0.2) is 11.9 Å². The Hall–Kier alpha value is -5.87. The lowest BCUT2D eigenvalue weighted by molar-refractivity contribution is -0.147. The highest BCUT2D eigenvalue weighted by Gasteiger charge is 2.32. The van der Waals surface area contributed by atoms with Crippen LogP contribution >= 0.6 is 0 Å². The van der Waals surface area contributed by atoms with Crippen molar-refractivity contribution >= 4 is 41.6 Å². The number of phenols is 1. The predicted molar refractivity (Wildman–Crippen MR) is 167 cm³/mol. The van der Waals surface area contributed by atoms with Gasteiger partial charge in [0, 0.05) is 19.4 Å². The predicted octanol–water partition coefficient (Wildman–Crippen LogP) is -2.11. The number of nitrogens with one attached hydrogen (secondary N) is 3. The third-order valence-corrected chi connectivity index (χ3v) is 6.46. The number of phenolic OH excluding ortho intramolecular Hbond substituents is 1. The number of carbonyl (C=O) groups is 5. The van der Waals surface area contributed by atoms with Crippen LogP contribution in [0.1, 0.15) is 30.4 Å². The van der Waals surface area contributed by atoms with E-state index in [1.165, 1.54) is 12.1 Å². The minimum absolute atomic E-state index is 0.00144. The number of carboxylic acid groups (broad SMARTS) is 2. The Morgan fingerprint density at radius 3 is 1.83 bits per heavy atom. The smallest absolute Gasteiger partial charge is 0.326 e. The fraction of sp³-hybridized carbons (Fsp3) is 0.345. The van der Waals surface area contributed by atoms with E-state index in [1.54, 1.807) is 42.5 Å². The number of rotatable bonds is 18. The number of hydrogen-bond acceptors (Lipinski definition) is 8. The molecule has 14 N–H and O–H groups in total. The molecular weight excluding hydrogens is 602 g/mol. The maximum atomic E-state index is 13.6. The fourth-order valence-corrected chi connectivity index (χ4v) is 4.25. The Morgan fingerprint density at radius 2 is 1.26 bits per heavy atom. The van der Waals surface area contributed by atoms with Crippen molar-refractivity contribution < 1.29 is 39.3 Å². The van der Waals surface area contributed by atoms with Gasteiger partial charge >= 0.3 is 11.9 Å². The van der Waals surface area contributed by atoms with E-state index >= 15 is 0 Å². The molecule has 0 aliphatic carbocycles. The molecule has 0 aliphatic heterocycles. The second-order valence-electron chi connectivity index (χ2n) is 10.2. The molecule has 2 rings (SSSR count). The van der Waals surface area contributed by atoms with Crippen LogP contribution in [0, 0.1) is 0 Å². The summed E-state index contributed by atoms with van der Waals surface area (Å²) in [6.07, 6.45) is -0.770. The Kier molecular flexibility index (Phi) is 14.3. The number of nitrogens with two attached hydrogens (primary N) is 4. The van der Waals surface area contributed by atoms with Gasteiger partial charge in [0.1, 0.15) is 29.9 Å². The first-order valence-electron chi connectivity index (χ1n) is 14.1. The van der Waals surface area contributed by atoms with E-state index in [4.69, 9.17) is 28.0 Å². The second kappa shape index (κ2) is 18.1. The standard InChI is InChI=1S/C29H39N9O8/c30-28(31)34-12-4-7-19(35-26(44)21(38-29(32)33)14-17-8-10-18(39)11-9-17)24(42)36-20(13-16-5-2-1-3-6-16)25(43)37-22(27(45)46)15-23(40)41/h1-3,5-6,8-11,19-22,39H,4,7,12-15H2,(H,35,44)(H,36,42)(H,37,43)(H,40,41)(H,45,46)(H4,30,31,34)(H4,32,33,38)/t19-,20+,21+,22+/m1/s1. The number of carboxylic acids is 2. The molecule has 17 heteroatoms. The van der Waals surface area contributed by atoms with E-state index < -0.39 is 60.2 Å². The van der Waals surface area contributed by atoms with Gasteiger partial charge in [-0.25, -0.2) is 9.79 Å². The molecule has 0 aromatic heterocycles. The van der Waals surface area contributed by atoms with Crippen molar-refractivity contribution in [3.05, 3.63) is 65.7 Å². The number of hydrogen-bond donors (Lipinski definition) is 10. The lowest BCUT2D eigenvalue weighted by Gasteiger charge is -2.25. The van der Waals surface area contributed by atoms with Crippen molar-refractivity contribution in [3.63, 3.8) is 0 Å². The Balaban J connectivity index is 2.35. The van der Waals surface area contributed by atoms with Crippen LogP contribution in [0.3, 0.4) is 0 Å². The summed E-state index contributed by atoms with van der Waals surface area (Å²) in [6, 6.07) is 8.87. The molecule has 0 aliphatic rings. The Morgan fingerprint density at radius 1 is 0.696 bits per heavy atom. The van der Waals surface area contributed by atoms with Crippen LogP contribution in [-0.2, 0) is 36.8 Å². The van der Waals surface area contributed by atoms with E-state index in [0.717, 1.165) is 0 Å². The maximum absolute atomic E-state index is 13.6. The summed E-state index contributed by atoms with van der Waals surface area (Å²) in [5.74, 6) is -6.10. The topological polar surface area (TPSA) is 311 Å². The summed E-state index contributed by atoms with van der Waals surface area (Å²) < 4.78 is 0. The zero-order valence-electron chi connectivity index (χ0n) is 24.8. The number of nitrogens with zero attached hydrogens (tertiary/aromatic N) is 2. The average molecular weight is 642 g/mol. The van der Waals surface area contributed by atoms with Crippen LogP contribution in [0.25, 0.3) is 0 Å². The molecule has 0 radical (unpaired) electrons. The molecule has 2 aromatic carbocycles. The number of aliphatic imine (C=N–C) groups is 2. The lowest BCUT2D eigenvalue weighted by Crippen LogP contribution is -2.57. The van der Waals surface area contributed by atoms with E-state index in [1.807, 2.05) is 0 Å². The quantitative estimate of drug-likeness (QED) is 0.0475. The van der Waals surface area contributed by atoms with E-state index in [-0.39, 0.29) is 49.9 Å². The van der Waals surface area contributed by atoms with Crippen molar-refractivity contribution in [3.8, 4) is 5.75 Å². The first kappa shape index (κ1) is 36.3. The van der Waals surface area contributed by atoms with E-state index in [2.05, 4.69) is 25.9 Å². The third-order valence-electron chi connectivity index (χ3n) is 6.46. The van der Waals surface area contributed by atoms with E-state index in [0.29, 0.717) is 11.1 Å². The minimum atomic E-state index is -1.77. The highest BCUT2D eigenvalue weighted by atomic mass is 16.4. The summed E-state index contributed by atoms with van der Waals surface area (Å²) in [7, 11) is 0. The number of aromatic hydroxyl groups is 1. The molecule has 2 aromatic rings. The van der Waals surface area contributed by atoms with Gasteiger partial charge in [0.05, 0.1) is 6.42 Å². The normalized spacial score (nSPS) is 13.1. The number of aliphatic carboxylic acids is 2. The van der Waals surface area contributed by atoms with Crippen LogP contribution < -0.4 is 38.9 Å². The molecule has 0 fully saturated rings. The molecule has 0 spiro atoms. The van der Waals surface area contributed by atoms with Crippen LogP contribution in [0.15, 0.2) is 64.6 Å². The van der Waals surface area contributed by atoms with E-state index in [9.17, 15) is 34.2 Å². The van der Waals surface area contributed by atoms with Gasteiger partial charge in [0.2, 0.25) is 17.7 Å². The van der Waals surface area contributed by atoms with Crippen molar-refractivity contribution in [1.82, 2.24) is 16.0 Å². The molecule has 3 amide bonds. The molecule has 46 heavy (non-hydrogen) atoms. The van der Waals surface area contributed by atoms with Crippen molar-refractivity contribution in [2.45, 2.75) is 56.3 Å². The van der Waals surface area contributed by atoms with Gasteiger partial charge in [-0.3, -0.25) is 24.2 Å². The number of carbonyl (C=O) groups excluding carboxylic acids is 3. The average Bonchev–Trinajstić information content (AvgIpc) is 2.98. The monoisotopic (exact) mass is 641 g/mol. The first-order chi connectivity index (χ1) is 21.7. The van der Waals surface area contributed by atoms with Crippen molar-refractivity contribution in [2.75, 3.05) is 6.54 Å². The zero-order valence-corrected chi connectivity index (χ0v) is 24.8. The molecule has 248 valence electrons. The number of amides is 3. The highest BCUT2D eigenvalue weighted by Crippen LogP contribution is 2.13. The van der Waals surface area contributed by atoms with Gasteiger partial charge in [-0.05, 0) is 36.1 Å². The summed E-state index contributed by atoms with van der Waals surface area (Å²) in [5, 5.41) is 35.4. The molecule has 0 saturated carbocycles. The van der Waals surface area contributed by atoms with Crippen LogP contribution in [0.4, 0.5) is 0 Å². The Labute approximate surface area is 264 Å². The van der Waals surface area contributed by atoms with Gasteiger partial charge in [-0.15, -0.1) is 0 Å². The zero-order chi connectivity index (χ0) is 34.2. The first-order valence-corrected chi connectivity index (χ1v) is 14.1. The molecule has 0 unspecified atom stereocenters. The molecule has 4 atom stereocenters. The van der Waals surface area contributed by atoms with Crippen molar-refractivity contribution in [2.24, 2.45) is 32.9 Å². The van der Waals surface area contributed by atoms with Crippen LogP contribution in [0.2, 0.25) is 0 Å². The Bertz CT molecular complexity index is 1410. The number of guanidine groups is 2. The molecule has 0 heterocycles. The van der Waals surface area contributed by atoms with Crippen LogP contribution in [-0.4, -0.2) is 87.6 Å². The summed E-state index contributed by atoms with van der Waals surface area (Å²) in [6.45, 7) is 0.107. The third kappa shape index (κ3) is 13.2. The summed E-state index contributed by atoms with van der Waals surface area (Å²) in [5.41, 5.74) is 23.1. The maximum Gasteiger partial charge on any atom is 0.326 e. The van der Waals surface area contributed by atoms with Gasteiger partial charge < -0.3 is 54.2 Å². The summed E-state index contributed by atoms with van der Waals surface area (Å²) in [4.78, 5) is 70.9. The van der Waals surface area contributed by atoms with Crippen LogP contribution in [0.5, 0.6) is 5.75 Å². The van der Waals surface area contributed by atoms with Gasteiger partial charge in [0.25, 0.3) is 0 Å². The summed E-state index contributed by atoms with van der Waals surface area (Å²) >= 11 is 0.